The zero-order valence-corrected chi connectivity index (χ0v) is 10.0. The number of ether oxygens (including phenoxy) is 1. The van der Waals surface area contributed by atoms with Gasteiger partial charge in [-0.2, -0.15) is 0 Å². The van der Waals surface area contributed by atoms with Gasteiger partial charge in [-0.3, -0.25) is 4.79 Å². The number of halogens is 1. The fraction of sp³-hybridized carbons (Fsp3) is 0.182. The molecule has 0 spiro atoms. The number of rotatable bonds is 3. The van der Waals surface area contributed by atoms with Gasteiger partial charge in [0.05, 0.1) is 11.6 Å². The number of carbonyl (C=O) groups excluding carboxylic acids is 1. The van der Waals surface area contributed by atoms with Crippen molar-refractivity contribution in [2.24, 2.45) is 0 Å². The van der Waals surface area contributed by atoms with Crippen molar-refractivity contribution in [2.45, 2.75) is 6.92 Å². The maximum absolute atomic E-state index is 10.5. The van der Waals surface area contributed by atoms with E-state index in [0.29, 0.717) is 15.8 Å². The first-order valence-corrected chi connectivity index (χ1v) is 5.07. The summed E-state index contributed by atoms with van der Waals surface area (Å²) in [6.07, 6.45) is 2.48. The van der Waals surface area contributed by atoms with Crippen molar-refractivity contribution in [1.29, 1.82) is 0 Å². The number of methoxy groups -OCH3 is 1. The summed E-state index contributed by atoms with van der Waals surface area (Å²) >= 11 is 3.20. The molecule has 15 heavy (non-hydrogen) atoms. The Morgan fingerprint density at radius 3 is 2.73 bits per heavy atom. The second-order valence-corrected chi connectivity index (χ2v) is 3.91. The Kier molecular flexibility index (Phi) is 3.91. The van der Waals surface area contributed by atoms with Crippen LogP contribution in [0.3, 0.4) is 0 Å². The summed E-state index contributed by atoms with van der Waals surface area (Å²) in [6.45, 7) is 1.71. The van der Waals surface area contributed by atoms with E-state index >= 15 is 0 Å². The van der Waals surface area contributed by atoms with Gasteiger partial charge in [-0.1, -0.05) is 0 Å². The van der Waals surface area contributed by atoms with Gasteiger partial charge in [-0.05, 0) is 52.2 Å². The topological polar surface area (TPSA) is 46.5 Å². The Hall–Kier alpha value is -1.29. The van der Waals surface area contributed by atoms with Crippen LogP contribution in [0.2, 0.25) is 0 Å². The van der Waals surface area contributed by atoms with Crippen LogP contribution < -0.4 is 4.74 Å². The molecule has 1 aromatic carbocycles. The molecule has 0 saturated carbocycles. The Morgan fingerprint density at radius 2 is 2.20 bits per heavy atom. The predicted octanol–water partition coefficient (Wildman–Crippen LogP) is 2.77. The average molecular weight is 271 g/mol. The zero-order chi connectivity index (χ0) is 11.4. The van der Waals surface area contributed by atoms with Crippen molar-refractivity contribution >= 4 is 28.3 Å². The number of aromatic hydroxyl groups is 1. The van der Waals surface area contributed by atoms with Crippen molar-refractivity contribution in [1.82, 2.24) is 0 Å². The van der Waals surface area contributed by atoms with Gasteiger partial charge in [-0.25, -0.2) is 0 Å². The molecule has 0 heterocycles. The van der Waals surface area contributed by atoms with Gasteiger partial charge in [0, 0.05) is 0 Å². The number of hydrogen-bond donors (Lipinski definition) is 1. The van der Waals surface area contributed by atoms with Gasteiger partial charge < -0.3 is 9.84 Å². The van der Waals surface area contributed by atoms with Crippen LogP contribution in [-0.2, 0) is 4.79 Å². The molecule has 0 unspecified atom stereocenters. The van der Waals surface area contributed by atoms with Crippen molar-refractivity contribution in [3.05, 3.63) is 27.7 Å². The van der Waals surface area contributed by atoms with E-state index in [0.717, 1.165) is 11.8 Å². The number of phenolic OH excluding ortho intramolecular Hbond substituents is 1. The molecule has 1 aromatic rings. The van der Waals surface area contributed by atoms with Gasteiger partial charge >= 0.3 is 0 Å². The summed E-state index contributed by atoms with van der Waals surface area (Å²) in [4.78, 5) is 10.5. The Morgan fingerprint density at radius 1 is 1.53 bits per heavy atom. The fourth-order valence-electron chi connectivity index (χ4n) is 1.13. The van der Waals surface area contributed by atoms with Gasteiger partial charge in [0.2, 0.25) is 0 Å². The first-order chi connectivity index (χ1) is 7.08. The van der Waals surface area contributed by atoms with Crippen LogP contribution in [0.1, 0.15) is 12.5 Å². The first-order valence-electron chi connectivity index (χ1n) is 4.28. The molecular formula is C11H11BrO3. The van der Waals surface area contributed by atoms with E-state index in [1.807, 2.05) is 0 Å². The Bertz CT molecular complexity index is 411. The number of carbonyl (C=O) groups is 1. The summed E-state index contributed by atoms with van der Waals surface area (Å²) in [7, 11) is 1.47. The highest BCUT2D eigenvalue weighted by Crippen LogP contribution is 2.35. The van der Waals surface area contributed by atoms with Crippen LogP contribution in [0.4, 0.5) is 0 Å². The van der Waals surface area contributed by atoms with Crippen molar-refractivity contribution in [3.8, 4) is 11.5 Å². The van der Waals surface area contributed by atoms with E-state index in [9.17, 15) is 9.90 Å². The summed E-state index contributed by atoms with van der Waals surface area (Å²) in [5.74, 6) is 0.424. The Balaban J connectivity index is 3.22. The average Bonchev–Trinajstić information content (AvgIpc) is 2.22. The maximum Gasteiger partial charge on any atom is 0.172 e. The third kappa shape index (κ3) is 2.83. The number of allylic oxidation sites excluding steroid dienone is 1. The number of hydrogen-bond acceptors (Lipinski definition) is 3. The molecule has 0 atom stereocenters. The molecule has 0 saturated heterocycles. The molecule has 80 valence electrons. The molecule has 0 aromatic heterocycles. The van der Waals surface area contributed by atoms with E-state index < -0.39 is 0 Å². The summed E-state index contributed by atoms with van der Waals surface area (Å²) in [5, 5.41) is 9.55. The lowest BCUT2D eigenvalue weighted by Crippen LogP contribution is -1.86. The van der Waals surface area contributed by atoms with E-state index in [4.69, 9.17) is 4.74 Å². The molecule has 1 rings (SSSR count). The van der Waals surface area contributed by atoms with Crippen LogP contribution >= 0.6 is 15.9 Å². The minimum absolute atomic E-state index is 0.0541. The molecule has 0 aliphatic rings. The summed E-state index contributed by atoms with van der Waals surface area (Å²) < 4.78 is 5.52. The van der Waals surface area contributed by atoms with Gasteiger partial charge in [0.15, 0.2) is 11.5 Å². The SMILES string of the molecule is COc1cc(C=C(C)C=O)cc(Br)c1O. The standard InChI is InChI=1S/C11H11BrO3/c1-7(6-13)3-8-4-9(12)11(14)10(5-8)15-2/h3-6,14H,1-2H3. The van der Waals surface area contributed by atoms with Crippen molar-refractivity contribution < 1.29 is 14.6 Å². The zero-order valence-electron chi connectivity index (χ0n) is 8.45. The smallest absolute Gasteiger partial charge is 0.172 e. The summed E-state index contributed by atoms with van der Waals surface area (Å²) in [5.41, 5.74) is 1.40. The minimum atomic E-state index is 0.0541. The lowest BCUT2D eigenvalue weighted by atomic mass is 10.1. The lowest BCUT2D eigenvalue weighted by molar-refractivity contribution is -0.104. The van der Waals surface area contributed by atoms with Crippen LogP contribution in [0.5, 0.6) is 11.5 Å². The molecule has 3 nitrogen and oxygen atoms in total. The molecule has 0 amide bonds. The van der Waals surface area contributed by atoms with E-state index in [-0.39, 0.29) is 5.75 Å². The van der Waals surface area contributed by atoms with Crippen LogP contribution in [0.25, 0.3) is 6.08 Å². The fourth-order valence-corrected chi connectivity index (χ4v) is 1.59. The normalized spacial score (nSPS) is 11.3. The molecular weight excluding hydrogens is 260 g/mol. The monoisotopic (exact) mass is 270 g/mol. The van der Waals surface area contributed by atoms with E-state index in [1.165, 1.54) is 7.11 Å². The van der Waals surface area contributed by atoms with Gasteiger partial charge in [0.1, 0.15) is 6.29 Å². The predicted molar refractivity (Wildman–Crippen MR) is 62.1 cm³/mol. The number of phenols is 1. The quantitative estimate of drug-likeness (QED) is 0.679. The highest BCUT2D eigenvalue weighted by molar-refractivity contribution is 9.10. The number of benzene rings is 1. The van der Waals surface area contributed by atoms with E-state index in [1.54, 1.807) is 25.1 Å². The van der Waals surface area contributed by atoms with Crippen LogP contribution in [-0.4, -0.2) is 18.5 Å². The first kappa shape index (κ1) is 11.8. The highest BCUT2D eigenvalue weighted by atomic mass is 79.9. The lowest BCUT2D eigenvalue weighted by Gasteiger charge is -2.06. The largest absolute Gasteiger partial charge is 0.503 e. The molecule has 4 heteroatoms. The number of aldehydes is 1. The van der Waals surface area contributed by atoms with Crippen LogP contribution in [0, 0.1) is 0 Å². The summed E-state index contributed by atoms with van der Waals surface area (Å²) in [6, 6.07) is 3.37. The van der Waals surface area contributed by atoms with Crippen molar-refractivity contribution in [3.63, 3.8) is 0 Å². The van der Waals surface area contributed by atoms with Crippen molar-refractivity contribution in [2.75, 3.05) is 7.11 Å². The van der Waals surface area contributed by atoms with Crippen LogP contribution in [0.15, 0.2) is 22.2 Å². The second-order valence-electron chi connectivity index (χ2n) is 3.06. The molecule has 0 aliphatic heterocycles. The third-order valence-electron chi connectivity index (χ3n) is 1.85. The van der Waals surface area contributed by atoms with E-state index in [2.05, 4.69) is 15.9 Å². The molecule has 0 radical (unpaired) electrons. The molecule has 0 aliphatic carbocycles. The minimum Gasteiger partial charge on any atom is -0.503 e. The highest BCUT2D eigenvalue weighted by Gasteiger charge is 2.07. The van der Waals surface area contributed by atoms with Gasteiger partial charge in [-0.15, -0.1) is 0 Å². The maximum atomic E-state index is 10.5. The molecule has 0 fully saturated rings. The second kappa shape index (κ2) is 4.98. The molecule has 0 bridgehead atoms. The molecule has 1 N–H and O–H groups in total. The Labute approximate surface area is 96.5 Å². The third-order valence-corrected chi connectivity index (χ3v) is 2.46. The van der Waals surface area contributed by atoms with Gasteiger partial charge in [0.25, 0.3) is 0 Å².